The van der Waals surface area contributed by atoms with Gasteiger partial charge in [-0.1, -0.05) is 35.5 Å². The van der Waals surface area contributed by atoms with Crippen molar-refractivity contribution < 1.29 is 4.74 Å². The van der Waals surface area contributed by atoms with Crippen molar-refractivity contribution in [2.45, 2.75) is 13.2 Å². The summed E-state index contributed by atoms with van der Waals surface area (Å²) >= 11 is 0. The number of hydrogen-bond donors (Lipinski definition) is 2. The lowest BCUT2D eigenvalue weighted by atomic mass is 10.2. The first-order valence-electron chi connectivity index (χ1n) is 6.65. The van der Waals surface area contributed by atoms with Gasteiger partial charge in [-0.2, -0.15) is 9.97 Å². The third-order valence-electron chi connectivity index (χ3n) is 2.88. The Morgan fingerprint density at radius 1 is 1.09 bits per heavy atom. The van der Waals surface area contributed by atoms with E-state index >= 15 is 0 Å². The van der Waals surface area contributed by atoms with E-state index in [4.69, 9.17) is 16.2 Å². The number of anilines is 2. The molecule has 8 nitrogen and oxygen atoms in total. The minimum atomic E-state index is 0.0720. The van der Waals surface area contributed by atoms with Gasteiger partial charge in [-0.05, 0) is 5.56 Å². The number of hydrogen-bond acceptors (Lipinski definition) is 7. The van der Waals surface area contributed by atoms with Gasteiger partial charge in [0.1, 0.15) is 18.1 Å². The molecule has 4 N–H and O–H groups in total. The van der Waals surface area contributed by atoms with Crippen LogP contribution < -0.4 is 16.2 Å². The summed E-state index contributed by atoms with van der Waals surface area (Å²) in [6, 6.07) is 11.5. The molecule has 0 aliphatic heterocycles. The van der Waals surface area contributed by atoms with Crippen LogP contribution in [0.1, 0.15) is 11.3 Å². The number of ether oxygens (including phenoxy) is 1. The van der Waals surface area contributed by atoms with Crippen molar-refractivity contribution in [3.05, 3.63) is 53.9 Å². The van der Waals surface area contributed by atoms with Crippen molar-refractivity contribution in [2.24, 2.45) is 0 Å². The first kappa shape index (κ1) is 13.8. The zero-order chi connectivity index (χ0) is 15.4. The predicted molar refractivity (Wildman–Crippen MR) is 80.8 cm³/mol. The second kappa shape index (κ2) is 6.08. The molecule has 2 heterocycles. The topological polar surface area (TPSA) is 118 Å². The summed E-state index contributed by atoms with van der Waals surface area (Å²) in [4.78, 5) is 7.71. The SMILES string of the molecule is Nc1cc(OCc2cn(Cc3ccccc3)nn2)nc(N)n1. The van der Waals surface area contributed by atoms with Crippen LogP contribution in [0.3, 0.4) is 0 Å². The maximum atomic E-state index is 5.58. The number of nitrogens with two attached hydrogens (primary N) is 2. The molecular formula is C14H15N7O. The Balaban J connectivity index is 1.62. The molecule has 0 bridgehead atoms. The smallest absolute Gasteiger partial charge is 0.225 e. The first-order valence-corrected chi connectivity index (χ1v) is 6.65. The third-order valence-corrected chi connectivity index (χ3v) is 2.88. The highest BCUT2D eigenvalue weighted by molar-refractivity contribution is 5.38. The highest BCUT2D eigenvalue weighted by Crippen LogP contribution is 2.13. The molecule has 0 atom stereocenters. The van der Waals surface area contributed by atoms with E-state index in [2.05, 4.69) is 20.3 Å². The van der Waals surface area contributed by atoms with Gasteiger partial charge < -0.3 is 16.2 Å². The molecule has 0 fully saturated rings. The van der Waals surface area contributed by atoms with E-state index in [1.165, 1.54) is 6.07 Å². The summed E-state index contributed by atoms with van der Waals surface area (Å²) in [5.74, 6) is 0.639. The predicted octanol–water partition coefficient (Wildman–Crippen LogP) is 0.860. The molecule has 3 rings (SSSR count). The summed E-state index contributed by atoms with van der Waals surface area (Å²) in [7, 11) is 0. The minimum Gasteiger partial charge on any atom is -0.471 e. The van der Waals surface area contributed by atoms with Crippen molar-refractivity contribution in [3.63, 3.8) is 0 Å². The summed E-state index contributed by atoms with van der Waals surface area (Å²) in [6.45, 7) is 0.881. The Morgan fingerprint density at radius 2 is 1.91 bits per heavy atom. The Kier molecular flexibility index (Phi) is 3.82. The summed E-state index contributed by atoms with van der Waals surface area (Å²) in [5, 5.41) is 8.12. The summed E-state index contributed by atoms with van der Waals surface area (Å²) in [6.07, 6.45) is 1.82. The monoisotopic (exact) mass is 297 g/mol. The lowest BCUT2D eigenvalue weighted by Crippen LogP contribution is -2.03. The Labute approximate surface area is 126 Å². The number of nitrogens with zero attached hydrogens (tertiary/aromatic N) is 5. The van der Waals surface area contributed by atoms with E-state index in [0.717, 1.165) is 5.56 Å². The molecule has 0 unspecified atom stereocenters. The van der Waals surface area contributed by atoms with Crippen LogP contribution in [-0.4, -0.2) is 25.0 Å². The average Bonchev–Trinajstić information content (AvgIpc) is 2.93. The van der Waals surface area contributed by atoms with Crippen LogP contribution in [0.25, 0.3) is 0 Å². The molecule has 0 aliphatic carbocycles. The van der Waals surface area contributed by atoms with Gasteiger partial charge in [0.05, 0.1) is 12.7 Å². The van der Waals surface area contributed by atoms with Gasteiger partial charge in [0, 0.05) is 6.07 Å². The van der Waals surface area contributed by atoms with Gasteiger partial charge in [-0.25, -0.2) is 4.68 Å². The molecule has 0 saturated carbocycles. The molecule has 0 amide bonds. The molecule has 8 heteroatoms. The van der Waals surface area contributed by atoms with E-state index in [1.54, 1.807) is 4.68 Å². The van der Waals surface area contributed by atoms with E-state index in [1.807, 2.05) is 36.5 Å². The van der Waals surface area contributed by atoms with Gasteiger partial charge in [-0.3, -0.25) is 0 Å². The molecule has 1 aromatic carbocycles. The lowest BCUT2D eigenvalue weighted by molar-refractivity contribution is 0.289. The number of nitrogen functional groups attached to an aromatic ring is 2. The van der Waals surface area contributed by atoms with Crippen molar-refractivity contribution in [2.75, 3.05) is 11.5 Å². The number of aromatic nitrogens is 5. The number of benzene rings is 1. The quantitative estimate of drug-likeness (QED) is 0.717. The summed E-state index contributed by atoms with van der Waals surface area (Å²) in [5.41, 5.74) is 12.9. The van der Waals surface area contributed by atoms with Crippen LogP contribution in [0, 0.1) is 0 Å². The van der Waals surface area contributed by atoms with E-state index in [0.29, 0.717) is 18.1 Å². The van der Waals surface area contributed by atoms with Crippen LogP contribution >= 0.6 is 0 Å². The zero-order valence-corrected chi connectivity index (χ0v) is 11.8. The fraction of sp³-hybridized carbons (Fsp3) is 0.143. The van der Waals surface area contributed by atoms with E-state index < -0.39 is 0 Å². The minimum absolute atomic E-state index is 0.0720. The van der Waals surface area contributed by atoms with Crippen molar-refractivity contribution in [3.8, 4) is 5.88 Å². The Bertz CT molecular complexity index is 737. The van der Waals surface area contributed by atoms with Crippen LogP contribution in [0.15, 0.2) is 42.6 Å². The Morgan fingerprint density at radius 3 is 2.68 bits per heavy atom. The molecule has 112 valence electrons. The molecule has 0 spiro atoms. The Hall–Kier alpha value is -3.16. The zero-order valence-electron chi connectivity index (χ0n) is 11.8. The van der Waals surface area contributed by atoms with Gasteiger partial charge >= 0.3 is 0 Å². The second-order valence-electron chi connectivity index (χ2n) is 4.67. The maximum Gasteiger partial charge on any atom is 0.225 e. The van der Waals surface area contributed by atoms with Crippen LogP contribution in [0.2, 0.25) is 0 Å². The van der Waals surface area contributed by atoms with Crippen LogP contribution in [0.5, 0.6) is 5.88 Å². The average molecular weight is 297 g/mol. The van der Waals surface area contributed by atoms with Crippen LogP contribution in [-0.2, 0) is 13.2 Å². The van der Waals surface area contributed by atoms with Crippen LogP contribution in [0.4, 0.5) is 11.8 Å². The molecule has 3 aromatic rings. The van der Waals surface area contributed by atoms with Gasteiger partial charge in [-0.15, -0.1) is 5.10 Å². The van der Waals surface area contributed by atoms with Crippen molar-refractivity contribution >= 4 is 11.8 Å². The fourth-order valence-electron chi connectivity index (χ4n) is 1.94. The molecule has 0 aliphatic rings. The highest BCUT2D eigenvalue weighted by Gasteiger charge is 2.05. The molecule has 0 radical (unpaired) electrons. The standard InChI is InChI=1S/C14H15N7O/c15-12-6-13(18-14(16)17-12)22-9-11-8-21(20-19-11)7-10-4-2-1-3-5-10/h1-6,8H,7,9H2,(H4,15,16,17,18). The molecule has 22 heavy (non-hydrogen) atoms. The van der Waals surface area contributed by atoms with Gasteiger partial charge in [0.15, 0.2) is 0 Å². The lowest BCUT2D eigenvalue weighted by Gasteiger charge is -2.04. The van der Waals surface area contributed by atoms with Crippen molar-refractivity contribution in [1.82, 2.24) is 25.0 Å². The third kappa shape index (κ3) is 3.48. The van der Waals surface area contributed by atoms with Crippen molar-refractivity contribution in [1.29, 1.82) is 0 Å². The van der Waals surface area contributed by atoms with E-state index in [-0.39, 0.29) is 18.4 Å². The largest absolute Gasteiger partial charge is 0.471 e. The van der Waals surface area contributed by atoms with Gasteiger partial charge in [0.2, 0.25) is 11.8 Å². The van der Waals surface area contributed by atoms with Gasteiger partial charge in [0.25, 0.3) is 0 Å². The number of rotatable bonds is 5. The normalized spacial score (nSPS) is 10.5. The fourth-order valence-corrected chi connectivity index (χ4v) is 1.94. The second-order valence-corrected chi connectivity index (χ2v) is 4.67. The first-order chi connectivity index (χ1) is 10.7. The maximum absolute atomic E-state index is 5.58. The summed E-state index contributed by atoms with van der Waals surface area (Å²) < 4.78 is 7.24. The van der Waals surface area contributed by atoms with E-state index in [9.17, 15) is 0 Å². The molecule has 2 aromatic heterocycles. The molecular weight excluding hydrogens is 282 g/mol. The highest BCUT2D eigenvalue weighted by atomic mass is 16.5. The molecule has 0 saturated heterocycles.